The highest BCUT2D eigenvalue weighted by Gasteiger charge is 2.01. The summed E-state index contributed by atoms with van der Waals surface area (Å²) in [5.74, 6) is 0.389. The van der Waals surface area contributed by atoms with Gasteiger partial charge < -0.3 is 21.6 Å². The molecule has 0 aromatic carbocycles. The minimum absolute atomic E-state index is 0.238. The lowest BCUT2D eigenvalue weighted by molar-refractivity contribution is 0.777. The summed E-state index contributed by atoms with van der Waals surface area (Å²) in [7, 11) is 0. The van der Waals surface area contributed by atoms with Gasteiger partial charge in [-0.3, -0.25) is 10.1 Å². The van der Waals surface area contributed by atoms with Crippen molar-refractivity contribution < 1.29 is 0 Å². The first-order valence-corrected chi connectivity index (χ1v) is 4.05. The van der Waals surface area contributed by atoms with Crippen LogP contribution in [0.1, 0.15) is 18.7 Å². The molecule has 0 fully saturated rings. The van der Waals surface area contributed by atoms with E-state index in [1.807, 2.05) is 0 Å². The first-order chi connectivity index (χ1) is 6.75. The lowest BCUT2D eigenvalue weighted by atomic mass is 10.2. The van der Waals surface area contributed by atoms with Gasteiger partial charge in [-0.2, -0.15) is 0 Å². The molecule has 1 rings (SSSR count). The second-order valence-electron chi connectivity index (χ2n) is 2.59. The van der Waals surface area contributed by atoms with E-state index in [0.717, 1.165) is 6.21 Å². The third-order valence-electron chi connectivity index (χ3n) is 1.43. The van der Waals surface area contributed by atoms with Crippen LogP contribution in [0.2, 0.25) is 0 Å². The van der Waals surface area contributed by atoms with Gasteiger partial charge >= 0.3 is 0 Å². The van der Waals surface area contributed by atoms with Crippen LogP contribution in [0.5, 0.6) is 0 Å². The van der Waals surface area contributed by atoms with Gasteiger partial charge in [0.2, 0.25) is 0 Å². The van der Waals surface area contributed by atoms with Crippen LogP contribution in [0.25, 0.3) is 5.43 Å². The number of rotatable bonds is 4. The molecule has 1 unspecified atom stereocenters. The van der Waals surface area contributed by atoms with Crippen LogP contribution in [0.15, 0.2) is 17.5 Å². The van der Waals surface area contributed by atoms with E-state index < -0.39 is 0 Å². The van der Waals surface area contributed by atoms with Crippen LogP contribution in [-0.4, -0.2) is 22.4 Å². The van der Waals surface area contributed by atoms with Gasteiger partial charge in [0.25, 0.3) is 0 Å². The SMILES string of the molecule is CC(N)c1nccnc1[N-]/N=C\C=N. The zero-order valence-corrected chi connectivity index (χ0v) is 7.75. The molecule has 0 aliphatic carbocycles. The first kappa shape index (κ1) is 10.3. The molecule has 0 radical (unpaired) electrons. The Morgan fingerprint density at radius 3 is 2.93 bits per heavy atom. The second kappa shape index (κ2) is 5.03. The Morgan fingerprint density at radius 2 is 2.29 bits per heavy atom. The number of aromatic nitrogens is 2. The van der Waals surface area contributed by atoms with Crippen LogP contribution in [0.3, 0.4) is 0 Å². The molecule has 6 nitrogen and oxygen atoms in total. The standard InChI is InChI=1S/C8H11N6/c1-6(10)7-8(12-5-4-11-7)14-13-3-2-9/h2-6,9H,10H2,1H3/q-1/b9-2?,13-3-. The monoisotopic (exact) mass is 191 g/mol. The Bertz CT molecular complexity index is 332. The van der Waals surface area contributed by atoms with E-state index in [-0.39, 0.29) is 6.04 Å². The van der Waals surface area contributed by atoms with Crippen LogP contribution in [0, 0.1) is 5.41 Å². The maximum atomic E-state index is 6.71. The van der Waals surface area contributed by atoms with Gasteiger partial charge in [0.15, 0.2) is 0 Å². The Morgan fingerprint density at radius 1 is 1.57 bits per heavy atom. The maximum Gasteiger partial charge on any atom is 0.0571 e. The summed E-state index contributed by atoms with van der Waals surface area (Å²) in [6, 6.07) is -0.238. The van der Waals surface area contributed by atoms with Gasteiger partial charge in [-0.25, -0.2) is 0 Å². The average Bonchev–Trinajstić information content (AvgIpc) is 2.19. The third kappa shape index (κ3) is 2.60. The van der Waals surface area contributed by atoms with Crippen molar-refractivity contribution in [3.05, 3.63) is 23.5 Å². The summed E-state index contributed by atoms with van der Waals surface area (Å²) in [6.07, 6.45) is 5.35. The molecule has 1 heterocycles. The van der Waals surface area contributed by atoms with Crippen molar-refractivity contribution >= 4 is 18.2 Å². The molecule has 14 heavy (non-hydrogen) atoms. The molecule has 1 atom stereocenters. The number of nitrogens with one attached hydrogen (secondary N) is 1. The van der Waals surface area contributed by atoms with Crippen LogP contribution < -0.4 is 5.73 Å². The molecular weight excluding hydrogens is 180 g/mol. The van der Waals surface area contributed by atoms with Gasteiger partial charge in [-0.15, -0.1) is 0 Å². The molecule has 1 aromatic heterocycles. The highest BCUT2D eigenvalue weighted by molar-refractivity contribution is 6.14. The molecule has 1 aromatic rings. The van der Waals surface area contributed by atoms with E-state index >= 15 is 0 Å². The van der Waals surface area contributed by atoms with Gasteiger partial charge in [-0.1, -0.05) is 6.20 Å². The molecule has 6 heteroatoms. The lowest BCUT2D eigenvalue weighted by Gasteiger charge is -2.16. The fourth-order valence-corrected chi connectivity index (χ4v) is 0.861. The zero-order valence-electron chi connectivity index (χ0n) is 7.75. The molecule has 0 aliphatic rings. The first-order valence-electron chi connectivity index (χ1n) is 4.05. The minimum Gasteiger partial charge on any atom is -0.439 e. The molecule has 74 valence electrons. The van der Waals surface area contributed by atoms with E-state index in [1.54, 1.807) is 13.1 Å². The number of hydrogen-bond acceptors (Lipinski definition) is 5. The number of nitrogens with two attached hydrogens (primary N) is 1. The van der Waals surface area contributed by atoms with Crippen molar-refractivity contribution in [2.24, 2.45) is 10.8 Å². The molecular formula is C8H11N6-. The van der Waals surface area contributed by atoms with Crippen LogP contribution in [0.4, 0.5) is 5.82 Å². The largest absolute Gasteiger partial charge is 0.439 e. The highest BCUT2D eigenvalue weighted by atomic mass is 15.3. The van der Waals surface area contributed by atoms with E-state index in [4.69, 9.17) is 11.1 Å². The summed E-state index contributed by atoms with van der Waals surface area (Å²) in [6.45, 7) is 1.80. The topological polar surface area (TPSA) is 102 Å². The second-order valence-corrected chi connectivity index (χ2v) is 2.59. The van der Waals surface area contributed by atoms with Gasteiger partial charge in [0.05, 0.1) is 5.69 Å². The molecule has 0 saturated carbocycles. The fraction of sp³-hybridized carbons (Fsp3) is 0.250. The smallest absolute Gasteiger partial charge is 0.0571 e. The maximum absolute atomic E-state index is 6.71. The van der Waals surface area contributed by atoms with Crippen molar-refractivity contribution in [2.45, 2.75) is 13.0 Å². The predicted octanol–water partition coefficient (Wildman–Crippen LogP) is 1.14. The molecule has 0 spiro atoms. The fourth-order valence-electron chi connectivity index (χ4n) is 0.861. The van der Waals surface area contributed by atoms with E-state index in [0.29, 0.717) is 11.5 Å². The summed E-state index contributed by atoms with van der Waals surface area (Å²) in [4.78, 5) is 8.02. The van der Waals surface area contributed by atoms with E-state index in [2.05, 4.69) is 20.5 Å². The van der Waals surface area contributed by atoms with Gasteiger partial charge in [0.1, 0.15) is 0 Å². The Hall–Kier alpha value is -1.82. The third-order valence-corrected chi connectivity index (χ3v) is 1.43. The quantitative estimate of drug-likeness (QED) is 0.550. The van der Waals surface area contributed by atoms with Crippen molar-refractivity contribution in [1.82, 2.24) is 9.97 Å². The predicted molar refractivity (Wildman–Crippen MR) is 54.9 cm³/mol. The Balaban J connectivity index is 2.84. The minimum atomic E-state index is -0.238. The summed E-state index contributed by atoms with van der Waals surface area (Å²) < 4.78 is 0. The molecule has 0 amide bonds. The van der Waals surface area contributed by atoms with Crippen molar-refractivity contribution in [3.63, 3.8) is 0 Å². The number of nitrogens with zero attached hydrogens (tertiary/aromatic N) is 4. The molecule has 0 aliphatic heterocycles. The Kier molecular flexibility index (Phi) is 3.69. The summed E-state index contributed by atoms with van der Waals surface area (Å²) in [5.41, 5.74) is 10.0. The molecule has 3 N–H and O–H groups in total. The van der Waals surface area contributed by atoms with Crippen LogP contribution in [-0.2, 0) is 0 Å². The van der Waals surface area contributed by atoms with Gasteiger partial charge in [0, 0.05) is 24.7 Å². The molecule has 0 bridgehead atoms. The summed E-state index contributed by atoms with van der Waals surface area (Å²) in [5, 5.41) is 10.3. The number of hydrogen-bond donors (Lipinski definition) is 2. The van der Waals surface area contributed by atoms with Crippen molar-refractivity contribution in [3.8, 4) is 0 Å². The van der Waals surface area contributed by atoms with Crippen LogP contribution >= 0.6 is 0 Å². The van der Waals surface area contributed by atoms with Crippen molar-refractivity contribution in [1.29, 1.82) is 5.41 Å². The van der Waals surface area contributed by atoms with Gasteiger partial charge in [-0.05, 0) is 12.7 Å². The summed E-state index contributed by atoms with van der Waals surface area (Å²) >= 11 is 0. The van der Waals surface area contributed by atoms with E-state index in [1.165, 1.54) is 12.4 Å². The highest BCUT2D eigenvalue weighted by Crippen LogP contribution is 2.22. The zero-order chi connectivity index (χ0) is 10.4. The van der Waals surface area contributed by atoms with E-state index in [9.17, 15) is 0 Å². The molecule has 0 saturated heterocycles. The van der Waals surface area contributed by atoms with Crippen molar-refractivity contribution in [2.75, 3.05) is 0 Å². The average molecular weight is 191 g/mol. The lowest BCUT2D eigenvalue weighted by Crippen LogP contribution is -2.08. The Labute approximate surface area is 81.8 Å². The normalized spacial score (nSPS) is 12.7.